The summed E-state index contributed by atoms with van der Waals surface area (Å²) in [6.07, 6.45) is 0. The van der Waals surface area contributed by atoms with Crippen LogP contribution in [0.5, 0.6) is 0 Å². The molecule has 1 aromatic carbocycles. The van der Waals surface area contributed by atoms with Crippen LogP contribution >= 0.6 is 0 Å². The molecule has 3 nitrogen and oxygen atoms in total. The Morgan fingerprint density at radius 3 is 2.85 bits per heavy atom. The van der Waals surface area contributed by atoms with Crippen molar-refractivity contribution in [2.24, 2.45) is 7.05 Å². The van der Waals surface area contributed by atoms with Crippen LogP contribution in [0.25, 0.3) is 11.0 Å². The first-order valence-electron chi connectivity index (χ1n) is 4.38. The van der Waals surface area contributed by atoms with Gasteiger partial charge in [0.15, 0.2) is 0 Å². The summed E-state index contributed by atoms with van der Waals surface area (Å²) in [7, 11) is 3.97. The second-order valence-electron chi connectivity index (χ2n) is 3.11. The van der Waals surface area contributed by atoms with Gasteiger partial charge in [-0.2, -0.15) is 0 Å². The number of benzene rings is 1. The number of hydrogen-bond donors (Lipinski definition) is 1. The lowest BCUT2D eigenvalue weighted by atomic mass is 10.3. The van der Waals surface area contributed by atoms with Gasteiger partial charge >= 0.3 is 0 Å². The Hall–Kier alpha value is -1.35. The number of aromatic nitrogens is 2. The molecule has 3 heteroatoms. The SMILES string of the molecule is CNCc1nc2ccccc2n1C. The van der Waals surface area contributed by atoms with Crippen LogP contribution in [0.4, 0.5) is 0 Å². The van der Waals surface area contributed by atoms with Gasteiger partial charge in [-0.15, -0.1) is 0 Å². The molecule has 0 bridgehead atoms. The molecule has 13 heavy (non-hydrogen) atoms. The average Bonchev–Trinajstić information content (AvgIpc) is 2.46. The highest BCUT2D eigenvalue weighted by atomic mass is 15.1. The molecule has 0 aliphatic heterocycles. The molecule has 0 spiro atoms. The minimum atomic E-state index is 0.811. The summed E-state index contributed by atoms with van der Waals surface area (Å²) in [4.78, 5) is 4.50. The van der Waals surface area contributed by atoms with Gasteiger partial charge in [0, 0.05) is 7.05 Å². The molecule has 2 rings (SSSR count). The lowest BCUT2D eigenvalue weighted by molar-refractivity contribution is 0.719. The third-order valence-electron chi connectivity index (χ3n) is 2.21. The lowest BCUT2D eigenvalue weighted by Crippen LogP contribution is -2.10. The molecule has 0 radical (unpaired) electrons. The number of nitrogens with zero attached hydrogens (tertiary/aromatic N) is 2. The first kappa shape index (κ1) is 8.26. The van der Waals surface area contributed by atoms with Gasteiger partial charge in [-0.3, -0.25) is 0 Å². The normalized spacial score (nSPS) is 10.9. The maximum atomic E-state index is 4.50. The number of nitrogens with one attached hydrogen (secondary N) is 1. The summed E-state index contributed by atoms with van der Waals surface area (Å²) < 4.78 is 2.12. The predicted molar refractivity (Wildman–Crippen MR) is 53.5 cm³/mol. The lowest BCUT2D eigenvalue weighted by Gasteiger charge is -1.99. The number of rotatable bonds is 2. The molecular weight excluding hydrogens is 162 g/mol. The fourth-order valence-corrected chi connectivity index (χ4v) is 1.51. The van der Waals surface area contributed by atoms with E-state index in [1.807, 2.05) is 32.3 Å². The summed E-state index contributed by atoms with van der Waals surface area (Å²) in [6, 6.07) is 8.17. The number of para-hydroxylation sites is 2. The van der Waals surface area contributed by atoms with Crippen LogP contribution in [-0.2, 0) is 13.6 Å². The van der Waals surface area contributed by atoms with Crippen molar-refractivity contribution in [3.63, 3.8) is 0 Å². The minimum Gasteiger partial charge on any atom is -0.330 e. The Labute approximate surface area is 77.4 Å². The standard InChI is InChI=1S/C10H13N3/c1-11-7-10-12-8-5-3-4-6-9(8)13(10)2/h3-6,11H,7H2,1-2H3. The van der Waals surface area contributed by atoms with Crippen LogP contribution in [0, 0.1) is 0 Å². The molecule has 0 amide bonds. The van der Waals surface area contributed by atoms with Gasteiger partial charge in [0.25, 0.3) is 0 Å². The van der Waals surface area contributed by atoms with E-state index in [0.717, 1.165) is 17.9 Å². The average molecular weight is 175 g/mol. The zero-order chi connectivity index (χ0) is 9.26. The third kappa shape index (κ3) is 1.31. The maximum absolute atomic E-state index is 4.50. The van der Waals surface area contributed by atoms with Crippen LogP contribution in [-0.4, -0.2) is 16.6 Å². The summed E-state index contributed by atoms with van der Waals surface area (Å²) in [6.45, 7) is 0.811. The second-order valence-corrected chi connectivity index (χ2v) is 3.11. The third-order valence-corrected chi connectivity index (χ3v) is 2.21. The second kappa shape index (κ2) is 3.18. The fourth-order valence-electron chi connectivity index (χ4n) is 1.51. The molecule has 0 unspecified atom stereocenters. The summed E-state index contributed by atoms with van der Waals surface area (Å²) >= 11 is 0. The number of fused-ring (bicyclic) bond motifs is 1. The number of imidazole rings is 1. The summed E-state index contributed by atoms with van der Waals surface area (Å²) in [5.41, 5.74) is 2.25. The van der Waals surface area contributed by atoms with E-state index in [-0.39, 0.29) is 0 Å². The molecule has 0 aliphatic carbocycles. The smallest absolute Gasteiger partial charge is 0.123 e. The van der Waals surface area contributed by atoms with Crippen molar-refractivity contribution in [1.82, 2.24) is 14.9 Å². The van der Waals surface area contributed by atoms with Gasteiger partial charge in [0.2, 0.25) is 0 Å². The van der Waals surface area contributed by atoms with E-state index >= 15 is 0 Å². The van der Waals surface area contributed by atoms with Crippen molar-refractivity contribution in [3.05, 3.63) is 30.1 Å². The van der Waals surface area contributed by atoms with Gasteiger partial charge in [-0.05, 0) is 19.2 Å². The Kier molecular flexibility index (Phi) is 2.02. The van der Waals surface area contributed by atoms with Crippen molar-refractivity contribution >= 4 is 11.0 Å². The van der Waals surface area contributed by atoms with E-state index in [9.17, 15) is 0 Å². The molecule has 1 heterocycles. The largest absolute Gasteiger partial charge is 0.330 e. The van der Waals surface area contributed by atoms with E-state index < -0.39 is 0 Å². The monoisotopic (exact) mass is 175 g/mol. The van der Waals surface area contributed by atoms with Crippen LogP contribution in [0.2, 0.25) is 0 Å². The molecular formula is C10H13N3. The van der Waals surface area contributed by atoms with Crippen LogP contribution < -0.4 is 5.32 Å². The van der Waals surface area contributed by atoms with Crippen molar-refractivity contribution in [2.45, 2.75) is 6.54 Å². The van der Waals surface area contributed by atoms with E-state index in [2.05, 4.69) is 20.9 Å². The summed E-state index contributed by atoms with van der Waals surface area (Å²) in [5, 5.41) is 3.10. The molecule has 1 N–H and O–H groups in total. The maximum Gasteiger partial charge on any atom is 0.123 e. The van der Waals surface area contributed by atoms with Gasteiger partial charge in [0.1, 0.15) is 5.82 Å². The van der Waals surface area contributed by atoms with E-state index in [0.29, 0.717) is 0 Å². The first-order valence-corrected chi connectivity index (χ1v) is 4.38. The van der Waals surface area contributed by atoms with Crippen LogP contribution in [0.1, 0.15) is 5.82 Å². The van der Waals surface area contributed by atoms with Gasteiger partial charge < -0.3 is 9.88 Å². The van der Waals surface area contributed by atoms with E-state index in [1.165, 1.54) is 5.52 Å². The Morgan fingerprint density at radius 1 is 1.38 bits per heavy atom. The first-order chi connectivity index (χ1) is 6.33. The van der Waals surface area contributed by atoms with Gasteiger partial charge in [-0.1, -0.05) is 12.1 Å². The van der Waals surface area contributed by atoms with E-state index in [4.69, 9.17) is 0 Å². The molecule has 0 fully saturated rings. The molecule has 0 atom stereocenters. The highest BCUT2D eigenvalue weighted by Gasteiger charge is 2.04. The highest BCUT2D eigenvalue weighted by molar-refractivity contribution is 5.75. The predicted octanol–water partition coefficient (Wildman–Crippen LogP) is 1.29. The van der Waals surface area contributed by atoms with Gasteiger partial charge in [-0.25, -0.2) is 4.98 Å². The van der Waals surface area contributed by atoms with E-state index in [1.54, 1.807) is 0 Å². The molecule has 68 valence electrons. The molecule has 1 aromatic heterocycles. The number of aryl methyl sites for hydroxylation is 1. The molecule has 0 saturated heterocycles. The van der Waals surface area contributed by atoms with Crippen LogP contribution in [0.15, 0.2) is 24.3 Å². The van der Waals surface area contributed by atoms with Crippen LogP contribution in [0.3, 0.4) is 0 Å². The zero-order valence-corrected chi connectivity index (χ0v) is 7.91. The minimum absolute atomic E-state index is 0.811. The number of hydrogen-bond acceptors (Lipinski definition) is 2. The Balaban J connectivity index is 2.60. The Bertz CT molecular complexity index is 417. The molecule has 2 aromatic rings. The molecule has 0 aliphatic rings. The topological polar surface area (TPSA) is 29.9 Å². The highest BCUT2D eigenvalue weighted by Crippen LogP contribution is 2.13. The zero-order valence-electron chi connectivity index (χ0n) is 7.91. The molecule has 0 saturated carbocycles. The summed E-state index contributed by atoms with van der Waals surface area (Å²) in [5.74, 6) is 1.07. The van der Waals surface area contributed by atoms with Crippen molar-refractivity contribution in [3.8, 4) is 0 Å². The van der Waals surface area contributed by atoms with Crippen molar-refractivity contribution in [1.29, 1.82) is 0 Å². The van der Waals surface area contributed by atoms with Crippen molar-refractivity contribution < 1.29 is 0 Å². The van der Waals surface area contributed by atoms with Gasteiger partial charge in [0.05, 0.1) is 17.6 Å². The quantitative estimate of drug-likeness (QED) is 0.745. The Morgan fingerprint density at radius 2 is 2.15 bits per heavy atom. The van der Waals surface area contributed by atoms with Crippen molar-refractivity contribution in [2.75, 3.05) is 7.05 Å². The fraction of sp³-hybridized carbons (Fsp3) is 0.300.